The van der Waals surface area contributed by atoms with Crippen LogP contribution in [0.4, 0.5) is 0 Å². The average Bonchev–Trinajstić information content (AvgIpc) is 2.86. The van der Waals surface area contributed by atoms with E-state index in [1.807, 2.05) is 35.6 Å². The van der Waals surface area contributed by atoms with Crippen molar-refractivity contribution in [2.45, 2.75) is 33.5 Å². The summed E-state index contributed by atoms with van der Waals surface area (Å²) in [6.45, 7) is 6.63. The molecule has 0 saturated carbocycles. The molecule has 0 radical (unpaired) electrons. The predicted molar refractivity (Wildman–Crippen MR) is 66.4 cm³/mol. The van der Waals surface area contributed by atoms with Gasteiger partial charge in [0.15, 0.2) is 0 Å². The van der Waals surface area contributed by atoms with E-state index in [-0.39, 0.29) is 0 Å². The van der Waals surface area contributed by atoms with Crippen molar-refractivity contribution in [2.75, 3.05) is 0 Å². The van der Waals surface area contributed by atoms with Crippen LogP contribution in [0.2, 0.25) is 0 Å². The Kier molecular flexibility index (Phi) is 3.58. The molecule has 0 unspecified atom stereocenters. The van der Waals surface area contributed by atoms with E-state index in [4.69, 9.17) is 0 Å². The standard InChI is InChI=1S/C12H19N5/c1-4-17-11(7-10(2)15-17)8-13-9-12-14-5-6-16(12)3/h5-7,13H,4,8-9H2,1-3H3. The highest BCUT2D eigenvalue weighted by Crippen LogP contribution is 2.03. The van der Waals surface area contributed by atoms with Gasteiger partial charge in [0, 0.05) is 32.5 Å². The second-order valence-electron chi connectivity index (χ2n) is 4.15. The maximum absolute atomic E-state index is 4.42. The van der Waals surface area contributed by atoms with Crippen molar-refractivity contribution in [2.24, 2.45) is 7.05 Å². The Labute approximate surface area is 101 Å². The molecule has 0 aliphatic heterocycles. The predicted octanol–water partition coefficient (Wildman–Crippen LogP) is 1.23. The van der Waals surface area contributed by atoms with Gasteiger partial charge in [-0.25, -0.2) is 4.98 Å². The Balaban J connectivity index is 1.92. The number of rotatable bonds is 5. The van der Waals surface area contributed by atoms with Crippen molar-refractivity contribution in [3.8, 4) is 0 Å². The number of nitrogens with one attached hydrogen (secondary N) is 1. The first kappa shape index (κ1) is 11.9. The molecule has 5 heteroatoms. The maximum Gasteiger partial charge on any atom is 0.122 e. The molecule has 0 amide bonds. The average molecular weight is 233 g/mol. The van der Waals surface area contributed by atoms with E-state index in [9.17, 15) is 0 Å². The van der Waals surface area contributed by atoms with E-state index in [0.29, 0.717) is 0 Å². The van der Waals surface area contributed by atoms with Crippen molar-refractivity contribution in [3.63, 3.8) is 0 Å². The quantitative estimate of drug-likeness (QED) is 0.845. The second kappa shape index (κ2) is 5.14. The number of aromatic nitrogens is 4. The summed E-state index contributed by atoms with van der Waals surface area (Å²) in [5, 5.41) is 7.81. The van der Waals surface area contributed by atoms with Gasteiger partial charge in [-0.3, -0.25) is 4.68 Å². The molecule has 0 fully saturated rings. The number of nitrogens with zero attached hydrogens (tertiary/aromatic N) is 4. The summed E-state index contributed by atoms with van der Waals surface area (Å²) in [5.74, 6) is 1.05. The van der Waals surface area contributed by atoms with Gasteiger partial charge < -0.3 is 9.88 Å². The first-order chi connectivity index (χ1) is 8.20. The van der Waals surface area contributed by atoms with Gasteiger partial charge in [-0.15, -0.1) is 0 Å². The molecule has 5 nitrogen and oxygen atoms in total. The molecule has 2 aromatic rings. The van der Waals surface area contributed by atoms with Crippen LogP contribution < -0.4 is 5.32 Å². The lowest BCUT2D eigenvalue weighted by Gasteiger charge is -2.06. The van der Waals surface area contributed by atoms with Crippen LogP contribution in [0, 0.1) is 6.92 Å². The lowest BCUT2D eigenvalue weighted by Crippen LogP contribution is -2.18. The summed E-state index contributed by atoms with van der Waals surface area (Å²) < 4.78 is 4.05. The highest BCUT2D eigenvalue weighted by atomic mass is 15.3. The molecular formula is C12H19N5. The van der Waals surface area contributed by atoms with Crippen molar-refractivity contribution in [3.05, 3.63) is 35.7 Å². The Hall–Kier alpha value is -1.62. The summed E-state index contributed by atoms with van der Waals surface area (Å²) in [7, 11) is 2.00. The molecule has 0 atom stereocenters. The molecule has 2 rings (SSSR count). The van der Waals surface area contributed by atoms with Crippen LogP contribution in [0.5, 0.6) is 0 Å². The van der Waals surface area contributed by atoms with Gasteiger partial charge in [-0.1, -0.05) is 0 Å². The molecule has 92 valence electrons. The number of imidazole rings is 1. The monoisotopic (exact) mass is 233 g/mol. The number of hydrogen-bond donors (Lipinski definition) is 1. The van der Waals surface area contributed by atoms with Gasteiger partial charge in [-0.05, 0) is 19.9 Å². The molecule has 0 bridgehead atoms. The highest BCUT2D eigenvalue weighted by molar-refractivity contribution is 5.08. The molecule has 0 aromatic carbocycles. The van der Waals surface area contributed by atoms with E-state index >= 15 is 0 Å². The van der Waals surface area contributed by atoms with Crippen molar-refractivity contribution in [1.29, 1.82) is 0 Å². The Bertz CT molecular complexity index is 483. The zero-order valence-electron chi connectivity index (χ0n) is 10.6. The third-order valence-corrected chi connectivity index (χ3v) is 2.80. The van der Waals surface area contributed by atoms with E-state index in [0.717, 1.165) is 31.2 Å². The minimum absolute atomic E-state index is 0.775. The first-order valence-electron chi connectivity index (χ1n) is 5.91. The number of aryl methyl sites for hydroxylation is 3. The summed E-state index contributed by atoms with van der Waals surface area (Å²) in [5.41, 5.74) is 2.29. The minimum atomic E-state index is 0.775. The first-order valence-corrected chi connectivity index (χ1v) is 5.91. The van der Waals surface area contributed by atoms with Gasteiger partial charge in [0.1, 0.15) is 5.82 Å². The molecule has 2 heterocycles. The summed E-state index contributed by atoms with van der Waals surface area (Å²) in [6.07, 6.45) is 3.77. The molecule has 17 heavy (non-hydrogen) atoms. The molecular weight excluding hydrogens is 214 g/mol. The van der Waals surface area contributed by atoms with Crippen LogP contribution >= 0.6 is 0 Å². The fourth-order valence-corrected chi connectivity index (χ4v) is 1.88. The van der Waals surface area contributed by atoms with Gasteiger partial charge in [0.2, 0.25) is 0 Å². The van der Waals surface area contributed by atoms with Crippen LogP contribution in [0.3, 0.4) is 0 Å². The Morgan fingerprint density at radius 1 is 1.35 bits per heavy atom. The van der Waals surface area contributed by atoms with E-state index in [1.165, 1.54) is 5.69 Å². The second-order valence-corrected chi connectivity index (χ2v) is 4.15. The van der Waals surface area contributed by atoms with Crippen LogP contribution in [0.25, 0.3) is 0 Å². The SMILES string of the molecule is CCn1nc(C)cc1CNCc1nccn1C. The smallest absolute Gasteiger partial charge is 0.122 e. The molecule has 0 aliphatic rings. The van der Waals surface area contributed by atoms with E-state index < -0.39 is 0 Å². The Morgan fingerprint density at radius 2 is 2.18 bits per heavy atom. The number of hydrogen-bond acceptors (Lipinski definition) is 3. The zero-order chi connectivity index (χ0) is 12.3. The van der Waals surface area contributed by atoms with Crippen molar-refractivity contribution in [1.82, 2.24) is 24.6 Å². The topological polar surface area (TPSA) is 47.7 Å². The molecule has 0 spiro atoms. The third kappa shape index (κ3) is 2.74. The van der Waals surface area contributed by atoms with Crippen molar-refractivity contribution < 1.29 is 0 Å². The largest absolute Gasteiger partial charge is 0.337 e. The van der Waals surface area contributed by atoms with E-state index in [2.05, 4.69) is 28.4 Å². The summed E-state index contributed by atoms with van der Waals surface area (Å²) in [4.78, 5) is 4.27. The molecule has 2 aromatic heterocycles. The highest BCUT2D eigenvalue weighted by Gasteiger charge is 2.04. The lowest BCUT2D eigenvalue weighted by atomic mass is 10.3. The molecule has 1 N–H and O–H groups in total. The fourth-order valence-electron chi connectivity index (χ4n) is 1.88. The lowest BCUT2D eigenvalue weighted by molar-refractivity contribution is 0.567. The van der Waals surface area contributed by atoms with Gasteiger partial charge in [-0.2, -0.15) is 5.10 Å². The maximum atomic E-state index is 4.42. The third-order valence-electron chi connectivity index (χ3n) is 2.80. The normalized spacial score (nSPS) is 11.0. The summed E-state index contributed by atoms with van der Waals surface area (Å²) in [6, 6.07) is 2.12. The van der Waals surface area contributed by atoms with Gasteiger partial charge in [0.25, 0.3) is 0 Å². The Morgan fingerprint density at radius 3 is 2.82 bits per heavy atom. The zero-order valence-corrected chi connectivity index (χ0v) is 10.6. The van der Waals surface area contributed by atoms with Crippen LogP contribution in [-0.2, 0) is 26.7 Å². The van der Waals surface area contributed by atoms with Crippen molar-refractivity contribution >= 4 is 0 Å². The summed E-state index contributed by atoms with van der Waals surface area (Å²) >= 11 is 0. The van der Waals surface area contributed by atoms with E-state index in [1.54, 1.807) is 0 Å². The minimum Gasteiger partial charge on any atom is -0.337 e. The van der Waals surface area contributed by atoms with Gasteiger partial charge >= 0.3 is 0 Å². The van der Waals surface area contributed by atoms with Gasteiger partial charge in [0.05, 0.1) is 17.9 Å². The fraction of sp³-hybridized carbons (Fsp3) is 0.500. The van der Waals surface area contributed by atoms with Crippen LogP contribution in [0.1, 0.15) is 24.1 Å². The van der Waals surface area contributed by atoms with Crippen LogP contribution in [-0.4, -0.2) is 19.3 Å². The molecule has 0 saturated heterocycles. The van der Waals surface area contributed by atoms with Crippen LogP contribution in [0.15, 0.2) is 18.5 Å². The molecule has 0 aliphatic carbocycles.